The normalized spacial score (nSPS) is 10.7. The van der Waals surface area contributed by atoms with Gasteiger partial charge in [0.15, 0.2) is 0 Å². The fourth-order valence-corrected chi connectivity index (χ4v) is 1.91. The van der Waals surface area contributed by atoms with Crippen molar-refractivity contribution in [3.8, 4) is 0 Å². The summed E-state index contributed by atoms with van der Waals surface area (Å²) in [5.74, 6) is -0.390. The Hall–Kier alpha value is -2.55. The highest BCUT2D eigenvalue weighted by Gasteiger charge is 2.12. The van der Waals surface area contributed by atoms with Gasteiger partial charge in [0.05, 0.1) is 5.56 Å². The van der Waals surface area contributed by atoms with E-state index >= 15 is 0 Å². The average molecular weight is 267 g/mol. The van der Waals surface area contributed by atoms with Gasteiger partial charge in [-0.1, -0.05) is 48.5 Å². The molecule has 0 atom stereocenters. The van der Waals surface area contributed by atoms with Gasteiger partial charge in [-0.25, -0.2) is 4.79 Å². The molecule has 0 radical (unpaired) electrons. The van der Waals surface area contributed by atoms with Gasteiger partial charge >= 0.3 is 5.97 Å². The Morgan fingerprint density at radius 2 is 1.90 bits per heavy atom. The van der Waals surface area contributed by atoms with Crippen LogP contribution in [0, 0.1) is 6.92 Å². The molecular weight excluding hydrogens is 250 g/mol. The van der Waals surface area contributed by atoms with E-state index in [2.05, 4.69) is 0 Å². The second-order valence-corrected chi connectivity index (χ2v) is 4.45. The molecule has 0 aliphatic rings. The van der Waals surface area contributed by atoms with Crippen LogP contribution in [0.5, 0.6) is 0 Å². The first-order chi connectivity index (χ1) is 9.68. The summed E-state index contributed by atoms with van der Waals surface area (Å²) in [6.45, 7) is 2.06. The number of hydrogen-bond acceptors (Lipinski definition) is 3. The van der Waals surface area contributed by atoms with Crippen LogP contribution in [0.25, 0.3) is 6.08 Å². The van der Waals surface area contributed by atoms with Gasteiger partial charge in [-0.2, -0.15) is 0 Å². The summed E-state index contributed by atoms with van der Waals surface area (Å²) < 4.78 is 5.21. The Morgan fingerprint density at radius 1 is 1.15 bits per heavy atom. The molecule has 2 rings (SSSR count). The summed E-state index contributed by atoms with van der Waals surface area (Å²) in [5.41, 5.74) is 8.58. The molecule has 0 saturated carbocycles. The lowest BCUT2D eigenvalue weighted by Gasteiger charge is -2.07. The molecule has 0 unspecified atom stereocenters. The van der Waals surface area contributed by atoms with E-state index in [-0.39, 0.29) is 6.61 Å². The van der Waals surface area contributed by atoms with Gasteiger partial charge in [-0.15, -0.1) is 0 Å². The summed E-state index contributed by atoms with van der Waals surface area (Å²) >= 11 is 0. The molecule has 2 aromatic rings. The van der Waals surface area contributed by atoms with Crippen LogP contribution in [0.2, 0.25) is 0 Å². The zero-order valence-electron chi connectivity index (χ0n) is 11.4. The molecule has 0 aliphatic carbocycles. The molecule has 0 fully saturated rings. The van der Waals surface area contributed by atoms with Gasteiger partial charge < -0.3 is 10.5 Å². The zero-order valence-corrected chi connectivity index (χ0v) is 11.4. The first-order valence-electron chi connectivity index (χ1n) is 6.42. The number of esters is 1. The first-order valence-corrected chi connectivity index (χ1v) is 6.42. The summed E-state index contributed by atoms with van der Waals surface area (Å²) in [4.78, 5) is 12.0. The van der Waals surface area contributed by atoms with Crippen molar-refractivity contribution in [1.82, 2.24) is 0 Å². The number of carbonyl (C=O) groups excluding carboxylic acids is 1. The van der Waals surface area contributed by atoms with Crippen molar-refractivity contribution >= 4 is 17.7 Å². The van der Waals surface area contributed by atoms with Crippen LogP contribution in [-0.4, -0.2) is 12.6 Å². The number of anilines is 1. The van der Waals surface area contributed by atoms with Gasteiger partial charge in [0, 0.05) is 5.69 Å². The summed E-state index contributed by atoms with van der Waals surface area (Å²) in [5, 5.41) is 0. The average Bonchev–Trinajstić information content (AvgIpc) is 2.44. The van der Waals surface area contributed by atoms with Crippen molar-refractivity contribution in [2.75, 3.05) is 12.3 Å². The van der Waals surface area contributed by atoms with Crippen molar-refractivity contribution in [2.45, 2.75) is 6.92 Å². The highest BCUT2D eigenvalue weighted by Crippen LogP contribution is 2.17. The topological polar surface area (TPSA) is 52.3 Å². The van der Waals surface area contributed by atoms with E-state index in [9.17, 15) is 4.79 Å². The van der Waals surface area contributed by atoms with Crippen molar-refractivity contribution < 1.29 is 9.53 Å². The monoisotopic (exact) mass is 267 g/mol. The van der Waals surface area contributed by atoms with Gasteiger partial charge in [-0.05, 0) is 30.2 Å². The lowest BCUT2D eigenvalue weighted by Crippen LogP contribution is -2.10. The molecule has 0 amide bonds. The third-order valence-corrected chi connectivity index (χ3v) is 2.93. The van der Waals surface area contributed by atoms with Crippen molar-refractivity contribution in [3.63, 3.8) is 0 Å². The second-order valence-electron chi connectivity index (χ2n) is 4.45. The Kier molecular flexibility index (Phi) is 4.56. The third-order valence-electron chi connectivity index (χ3n) is 2.93. The number of benzene rings is 2. The van der Waals surface area contributed by atoms with Crippen molar-refractivity contribution in [1.29, 1.82) is 0 Å². The standard InChI is InChI=1S/C17H17NO2/c1-13-7-5-11-15(18)16(13)17(19)20-12-6-10-14-8-3-2-4-9-14/h2-11H,12,18H2,1H3. The molecule has 20 heavy (non-hydrogen) atoms. The number of hydrogen-bond donors (Lipinski definition) is 1. The Bertz CT molecular complexity index is 598. The Balaban J connectivity index is 1.95. The number of nitrogens with two attached hydrogens (primary N) is 1. The van der Waals surface area contributed by atoms with E-state index in [4.69, 9.17) is 10.5 Å². The first kappa shape index (κ1) is 13.9. The van der Waals surface area contributed by atoms with E-state index in [0.717, 1.165) is 11.1 Å². The van der Waals surface area contributed by atoms with Crippen molar-refractivity contribution in [2.24, 2.45) is 0 Å². The minimum Gasteiger partial charge on any atom is -0.458 e. The van der Waals surface area contributed by atoms with E-state index in [0.29, 0.717) is 11.3 Å². The minimum absolute atomic E-state index is 0.224. The van der Waals surface area contributed by atoms with Gasteiger partial charge in [0.1, 0.15) is 6.61 Å². The Morgan fingerprint density at radius 3 is 2.60 bits per heavy atom. The van der Waals surface area contributed by atoms with Crippen molar-refractivity contribution in [3.05, 3.63) is 71.3 Å². The molecule has 3 nitrogen and oxygen atoms in total. The van der Waals surface area contributed by atoms with Crippen LogP contribution < -0.4 is 5.73 Å². The minimum atomic E-state index is -0.390. The van der Waals surface area contributed by atoms with E-state index < -0.39 is 5.97 Å². The smallest absolute Gasteiger partial charge is 0.340 e. The highest BCUT2D eigenvalue weighted by atomic mass is 16.5. The molecule has 0 saturated heterocycles. The number of carbonyl (C=O) groups is 1. The van der Waals surface area contributed by atoms with Crippen LogP contribution in [0.1, 0.15) is 21.5 Å². The summed E-state index contributed by atoms with van der Waals surface area (Å²) in [6.07, 6.45) is 3.72. The van der Waals surface area contributed by atoms with Crippen LogP contribution in [0.4, 0.5) is 5.69 Å². The van der Waals surface area contributed by atoms with Crippen LogP contribution in [0.3, 0.4) is 0 Å². The number of rotatable bonds is 4. The predicted octanol–water partition coefficient (Wildman–Crippen LogP) is 3.45. The maximum Gasteiger partial charge on any atom is 0.340 e. The summed E-state index contributed by atoms with van der Waals surface area (Å²) in [7, 11) is 0. The van der Waals surface area contributed by atoms with E-state index in [1.165, 1.54) is 0 Å². The molecule has 0 bridgehead atoms. The SMILES string of the molecule is Cc1cccc(N)c1C(=O)OCC=Cc1ccccc1. The zero-order chi connectivity index (χ0) is 14.4. The fraction of sp³-hybridized carbons (Fsp3) is 0.118. The second kappa shape index (κ2) is 6.57. The molecule has 0 heterocycles. The molecule has 3 heteroatoms. The molecule has 0 aromatic heterocycles. The molecule has 102 valence electrons. The van der Waals surface area contributed by atoms with Gasteiger partial charge in [0.25, 0.3) is 0 Å². The largest absolute Gasteiger partial charge is 0.458 e. The fourth-order valence-electron chi connectivity index (χ4n) is 1.91. The third kappa shape index (κ3) is 3.48. The molecule has 2 aromatic carbocycles. The molecule has 2 N–H and O–H groups in total. The highest BCUT2D eigenvalue weighted by molar-refractivity contribution is 5.96. The lowest BCUT2D eigenvalue weighted by molar-refractivity contribution is 0.0550. The van der Waals surface area contributed by atoms with Gasteiger partial charge in [-0.3, -0.25) is 0 Å². The van der Waals surface area contributed by atoms with Crippen LogP contribution >= 0.6 is 0 Å². The lowest BCUT2D eigenvalue weighted by atomic mass is 10.1. The number of nitrogen functional groups attached to an aromatic ring is 1. The van der Waals surface area contributed by atoms with Crippen LogP contribution in [-0.2, 0) is 4.74 Å². The van der Waals surface area contributed by atoms with E-state index in [1.807, 2.05) is 61.5 Å². The number of ether oxygens (including phenoxy) is 1. The van der Waals surface area contributed by atoms with Gasteiger partial charge in [0.2, 0.25) is 0 Å². The number of aryl methyl sites for hydroxylation is 1. The quantitative estimate of drug-likeness (QED) is 0.682. The summed E-state index contributed by atoms with van der Waals surface area (Å²) in [6, 6.07) is 15.2. The predicted molar refractivity (Wildman–Crippen MR) is 81.3 cm³/mol. The Labute approximate surface area is 118 Å². The molecule has 0 spiro atoms. The van der Waals surface area contributed by atoms with Crippen LogP contribution in [0.15, 0.2) is 54.6 Å². The van der Waals surface area contributed by atoms with E-state index in [1.54, 1.807) is 6.07 Å². The molecule has 0 aliphatic heterocycles. The molecular formula is C17H17NO2. The maximum absolute atomic E-state index is 12.0. The maximum atomic E-state index is 12.0.